The summed E-state index contributed by atoms with van der Waals surface area (Å²) in [6.45, 7) is 3.86. The Bertz CT molecular complexity index is 713. The molecule has 3 rings (SSSR count). The highest BCUT2D eigenvalue weighted by atomic mass is 35.5. The average Bonchev–Trinajstić information content (AvgIpc) is 2.70. The zero-order chi connectivity index (χ0) is 12.7. The van der Waals surface area contributed by atoms with Gasteiger partial charge in [-0.05, 0) is 32.0 Å². The molecule has 0 fully saturated rings. The fraction of sp³-hybridized carbons (Fsp3) is 0.143. The molecule has 0 aliphatic heterocycles. The number of aromatic nitrogens is 2. The molecular formula is C14H11ClN2O. The van der Waals surface area contributed by atoms with Crippen LogP contribution in [-0.2, 0) is 0 Å². The van der Waals surface area contributed by atoms with Crippen LogP contribution in [0, 0.1) is 13.8 Å². The summed E-state index contributed by atoms with van der Waals surface area (Å²) >= 11 is 5.93. The fourth-order valence-corrected chi connectivity index (χ4v) is 2.17. The van der Waals surface area contributed by atoms with Crippen LogP contribution in [0.1, 0.15) is 11.4 Å². The lowest BCUT2D eigenvalue weighted by Gasteiger charge is -1.98. The number of fused-ring (bicyclic) bond motifs is 1. The van der Waals surface area contributed by atoms with Crippen LogP contribution >= 0.6 is 11.6 Å². The van der Waals surface area contributed by atoms with E-state index < -0.39 is 0 Å². The van der Waals surface area contributed by atoms with Gasteiger partial charge in [-0.3, -0.25) is 0 Å². The number of halogens is 1. The highest BCUT2D eigenvalue weighted by Crippen LogP contribution is 2.28. The van der Waals surface area contributed by atoms with Crippen LogP contribution in [0.15, 0.2) is 34.7 Å². The first-order valence-electron chi connectivity index (χ1n) is 5.63. The van der Waals surface area contributed by atoms with Gasteiger partial charge in [0.2, 0.25) is 0 Å². The van der Waals surface area contributed by atoms with Gasteiger partial charge in [0.05, 0.1) is 0 Å². The van der Waals surface area contributed by atoms with Crippen molar-refractivity contribution >= 4 is 22.6 Å². The molecule has 18 heavy (non-hydrogen) atoms. The van der Waals surface area contributed by atoms with E-state index in [2.05, 4.69) is 23.0 Å². The summed E-state index contributed by atoms with van der Waals surface area (Å²) in [5, 5.41) is 1.49. The minimum Gasteiger partial charge on any atom is -0.454 e. The van der Waals surface area contributed by atoms with E-state index in [0.717, 1.165) is 11.0 Å². The summed E-state index contributed by atoms with van der Waals surface area (Å²) in [5.74, 6) is 1.34. The molecule has 3 aromatic rings. The van der Waals surface area contributed by atoms with E-state index in [0.29, 0.717) is 22.4 Å². The van der Waals surface area contributed by atoms with Crippen molar-refractivity contribution in [2.45, 2.75) is 13.8 Å². The van der Waals surface area contributed by atoms with Gasteiger partial charge in [0.15, 0.2) is 5.76 Å². The molecule has 4 heteroatoms. The van der Waals surface area contributed by atoms with Gasteiger partial charge in [-0.1, -0.05) is 23.2 Å². The third-order valence-corrected chi connectivity index (χ3v) is 2.92. The van der Waals surface area contributed by atoms with E-state index in [1.54, 1.807) is 6.07 Å². The monoisotopic (exact) mass is 258 g/mol. The lowest BCUT2D eigenvalue weighted by molar-refractivity contribution is 0.628. The number of hydrogen-bond donors (Lipinski definition) is 0. The first-order chi connectivity index (χ1) is 8.61. The molecule has 0 amide bonds. The quantitative estimate of drug-likeness (QED) is 0.615. The summed E-state index contributed by atoms with van der Waals surface area (Å²) in [6, 6.07) is 9.75. The average molecular weight is 259 g/mol. The Labute approximate surface area is 109 Å². The Balaban J connectivity index is 2.19. The van der Waals surface area contributed by atoms with Crippen LogP contribution in [-0.4, -0.2) is 9.97 Å². The summed E-state index contributed by atoms with van der Waals surface area (Å²) in [5.41, 5.74) is 2.76. The molecule has 0 radical (unpaired) electrons. The minimum atomic E-state index is 0.425. The molecule has 90 valence electrons. The molecule has 0 aliphatic carbocycles. The minimum absolute atomic E-state index is 0.425. The molecule has 0 N–H and O–H groups in total. The first-order valence-corrected chi connectivity index (χ1v) is 6.01. The number of nitrogens with zero attached hydrogens (tertiary/aromatic N) is 2. The molecule has 0 spiro atoms. The van der Waals surface area contributed by atoms with Crippen LogP contribution < -0.4 is 0 Å². The maximum absolute atomic E-state index is 5.93. The van der Waals surface area contributed by atoms with Gasteiger partial charge >= 0.3 is 0 Å². The number of furan rings is 1. The maximum Gasteiger partial charge on any atom is 0.153 e. The van der Waals surface area contributed by atoms with Gasteiger partial charge < -0.3 is 4.42 Å². The zero-order valence-electron chi connectivity index (χ0n) is 10.1. The summed E-state index contributed by atoms with van der Waals surface area (Å²) in [6.07, 6.45) is 0. The summed E-state index contributed by atoms with van der Waals surface area (Å²) in [4.78, 5) is 8.37. The van der Waals surface area contributed by atoms with Crippen molar-refractivity contribution in [3.8, 4) is 11.5 Å². The Morgan fingerprint density at radius 3 is 2.67 bits per heavy atom. The number of hydrogen-bond acceptors (Lipinski definition) is 3. The Morgan fingerprint density at radius 2 is 1.89 bits per heavy atom. The van der Waals surface area contributed by atoms with E-state index in [4.69, 9.17) is 16.0 Å². The normalized spacial score (nSPS) is 11.1. The van der Waals surface area contributed by atoms with Gasteiger partial charge in [-0.15, -0.1) is 0 Å². The highest BCUT2D eigenvalue weighted by molar-refractivity contribution is 6.29. The Morgan fingerprint density at radius 1 is 1.06 bits per heavy atom. The van der Waals surface area contributed by atoms with Crippen molar-refractivity contribution < 1.29 is 4.42 Å². The van der Waals surface area contributed by atoms with Gasteiger partial charge in [-0.2, -0.15) is 0 Å². The predicted octanol–water partition coefficient (Wildman–Crippen LogP) is 4.16. The van der Waals surface area contributed by atoms with Crippen molar-refractivity contribution in [2.24, 2.45) is 0 Å². The van der Waals surface area contributed by atoms with Crippen LogP contribution in [0.25, 0.3) is 22.4 Å². The molecule has 0 saturated heterocycles. The van der Waals surface area contributed by atoms with Crippen LogP contribution in [0.3, 0.4) is 0 Å². The Hall–Kier alpha value is -1.87. The molecule has 1 aromatic carbocycles. The van der Waals surface area contributed by atoms with Crippen LogP contribution in [0.4, 0.5) is 0 Å². The summed E-state index contributed by atoms with van der Waals surface area (Å²) in [7, 11) is 0. The van der Waals surface area contributed by atoms with E-state index in [1.165, 1.54) is 5.56 Å². The Kier molecular flexibility index (Phi) is 2.56. The molecule has 0 saturated carbocycles. The van der Waals surface area contributed by atoms with Crippen molar-refractivity contribution in [1.29, 1.82) is 0 Å². The molecule has 2 aromatic heterocycles. The van der Waals surface area contributed by atoms with E-state index in [1.807, 2.05) is 25.1 Å². The number of aryl methyl sites for hydroxylation is 2. The van der Waals surface area contributed by atoms with E-state index >= 15 is 0 Å². The fourth-order valence-electron chi connectivity index (χ4n) is 1.95. The molecule has 2 heterocycles. The van der Waals surface area contributed by atoms with Crippen molar-refractivity contribution in [3.05, 3.63) is 46.9 Å². The standard InChI is InChI=1S/C14H11ClN2O/c1-8-3-4-12-10(5-8)6-13(18-12)11-7-14(15)17-9(2)16-11/h3-7H,1-2H3. The molecule has 0 atom stereocenters. The zero-order valence-corrected chi connectivity index (χ0v) is 10.8. The largest absolute Gasteiger partial charge is 0.454 e. The third kappa shape index (κ3) is 1.97. The molecular weight excluding hydrogens is 248 g/mol. The van der Waals surface area contributed by atoms with Crippen molar-refractivity contribution in [3.63, 3.8) is 0 Å². The molecule has 3 nitrogen and oxygen atoms in total. The van der Waals surface area contributed by atoms with Crippen LogP contribution in [0.2, 0.25) is 5.15 Å². The van der Waals surface area contributed by atoms with Gasteiger partial charge in [0, 0.05) is 11.5 Å². The van der Waals surface area contributed by atoms with Gasteiger partial charge in [0.25, 0.3) is 0 Å². The predicted molar refractivity (Wildman–Crippen MR) is 71.7 cm³/mol. The van der Waals surface area contributed by atoms with Gasteiger partial charge in [0.1, 0.15) is 22.3 Å². The van der Waals surface area contributed by atoms with Crippen molar-refractivity contribution in [1.82, 2.24) is 9.97 Å². The molecule has 0 bridgehead atoms. The maximum atomic E-state index is 5.93. The number of benzene rings is 1. The summed E-state index contributed by atoms with van der Waals surface area (Å²) < 4.78 is 5.77. The van der Waals surface area contributed by atoms with E-state index in [9.17, 15) is 0 Å². The van der Waals surface area contributed by atoms with Gasteiger partial charge in [-0.25, -0.2) is 9.97 Å². The highest BCUT2D eigenvalue weighted by Gasteiger charge is 2.09. The van der Waals surface area contributed by atoms with E-state index in [-0.39, 0.29) is 0 Å². The first kappa shape index (κ1) is 11.2. The second kappa shape index (κ2) is 4.10. The van der Waals surface area contributed by atoms with Crippen LogP contribution in [0.5, 0.6) is 0 Å². The lowest BCUT2D eigenvalue weighted by atomic mass is 10.2. The van der Waals surface area contributed by atoms with Crippen molar-refractivity contribution in [2.75, 3.05) is 0 Å². The lowest BCUT2D eigenvalue weighted by Crippen LogP contribution is -1.90. The molecule has 0 aliphatic rings. The topological polar surface area (TPSA) is 38.9 Å². The number of rotatable bonds is 1. The second-order valence-electron chi connectivity index (χ2n) is 4.28. The SMILES string of the molecule is Cc1ccc2oc(-c3cc(Cl)nc(C)n3)cc2c1. The molecule has 0 unspecified atom stereocenters. The smallest absolute Gasteiger partial charge is 0.153 e. The second-order valence-corrected chi connectivity index (χ2v) is 4.66. The third-order valence-electron chi connectivity index (χ3n) is 2.73.